The van der Waals surface area contributed by atoms with E-state index in [1.54, 1.807) is 32.0 Å². The number of halogens is 5. The summed E-state index contributed by atoms with van der Waals surface area (Å²) in [5, 5.41) is 1.81. The maximum atomic E-state index is 14.7. The molecular formula is C26H24Cl2F3NO3S. The molecule has 2 aromatic carbocycles. The Morgan fingerprint density at radius 2 is 1.81 bits per heavy atom. The lowest BCUT2D eigenvalue weighted by atomic mass is 9.90. The molecule has 0 aromatic heterocycles. The van der Waals surface area contributed by atoms with Crippen molar-refractivity contribution in [2.24, 2.45) is 0 Å². The molecule has 2 aliphatic rings. The molecule has 0 radical (unpaired) electrons. The van der Waals surface area contributed by atoms with E-state index in [1.165, 1.54) is 18.2 Å². The van der Waals surface area contributed by atoms with E-state index >= 15 is 0 Å². The highest BCUT2D eigenvalue weighted by Crippen LogP contribution is 2.60. The highest BCUT2D eigenvalue weighted by atomic mass is 35.5. The molecule has 1 fully saturated rings. The predicted molar refractivity (Wildman–Crippen MR) is 136 cm³/mol. The second-order valence-electron chi connectivity index (χ2n) is 8.87. The van der Waals surface area contributed by atoms with Crippen LogP contribution in [0.4, 0.5) is 13.2 Å². The monoisotopic (exact) mass is 557 g/mol. The van der Waals surface area contributed by atoms with Crippen molar-refractivity contribution in [2.75, 3.05) is 6.61 Å². The van der Waals surface area contributed by atoms with E-state index in [9.17, 15) is 22.8 Å². The molecular weight excluding hydrogens is 534 g/mol. The summed E-state index contributed by atoms with van der Waals surface area (Å²) in [6, 6.07) is 8.68. The molecule has 1 saturated carbocycles. The maximum absolute atomic E-state index is 14.7. The van der Waals surface area contributed by atoms with Gasteiger partial charge in [0.2, 0.25) is 0 Å². The molecule has 192 valence electrons. The van der Waals surface area contributed by atoms with E-state index in [0.717, 1.165) is 25.3 Å². The number of nitrogens with one attached hydrogen (secondary N) is 1. The second-order valence-corrected chi connectivity index (χ2v) is 11.1. The SMILES string of the molecule is CCOC(=O)C1SC(c2cc(Cl)cc(Cl)c2)(C(F)(F)F)C=C1c1ccc(C(=O)NC2CCC2)c(C)c1. The minimum atomic E-state index is -4.78. The number of ether oxygens (including phenoxy) is 1. The Hall–Kier alpha value is -2.16. The van der Waals surface area contributed by atoms with Crippen LogP contribution in [0.3, 0.4) is 0 Å². The molecule has 0 spiro atoms. The van der Waals surface area contributed by atoms with Crippen molar-refractivity contribution in [1.29, 1.82) is 0 Å². The largest absolute Gasteiger partial charge is 0.465 e. The summed E-state index contributed by atoms with van der Waals surface area (Å²) in [6.07, 6.45) is -0.800. The van der Waals surface area contributed by atoms with Gasteiger partial charge in [0.1, 0.15) is 5.25 Å². The van der Waals surface area contributed by atoms with Crippen LogP contribution in [0.2, 0.25) is 10.0 Å². The number of hydrogen-bond donors (Lipinski definition) is 1. The van der Waals surface area contributed by atoms with Crippen LogP contribution >= 0.6 is 35.0 Å². The second kappa shape index (κ2) is 10.3. The quantitative estimate of drug-likeness (QED) is 0.385. The van der Waals surface area contributed by atoms with Gasteiger partial charge in [-0.15, -0.1) is 11.8 Å². The van der Waals surface area contributed by atoms with Gasteiger partial charge in [-0.25, -0.2) is 0 Å². The fraction of sp³-hybridized carbons (Fsp3) is 0.385. The summed E-state index contributed by atoms with van der Waals surface area (Å²) < 4.78 is 46.7. The Kier molecular flexibility index (Phi) is 7.70. The van der Waals surface area contributed by atoms with Crippen LogP contribution in [-0.2, 0) is 14.3 Å². The zero-order valence-electron chi connectivity index (χ0n) is 19.5. The van der Waals surface area contributed by atoms with Gasteiger partial charge in [-0.3, -0.25) is 9.59 Å². The molecule has 2 aromatic rings. The van der Waals surface area contributed by atoms with Gasteiger partial charge in [0.15, 0.2) is 4.75 Å². The fourth-order valence-corrected chi connectivity index (χ4v) is 6.33. The lowest BCUT2D eigenvalue weighted by Crippen LogP contribution is -2.39. The normalized spacial score (nSPS) is 22.1. The zero-order valence-corrected chi connectivity index (χ0v) is 21.9. The average molecular weight is 558 g/mol. The minimum Gasteiger partial charge on any atom is -0.465 e. The van der Waals surface area contributed by atoms with Gasteiger partial charge >= 0.3 is 12.1 Å². The summed E-state index contributed by atoms with van der Waals surface area (Å²) >= 11 is 12.5. The van der Waals surface area contributed by atoms with Gasteiger partial charge in [-0.1, -0.05) is 35.3 Å². The molecule has 4 nitrogen and oxygen atoms in total. The molecule has 1 amide bonds. The Morgan fingerprint density at radius 1 is 1.14 bits per heavy atom. The van der Waals surface area contributed by atoms with E-state index in [4.69, 9.17) is 27.9 Å². The van der Waals surface area contributed by atoms with Gasteiger partial charge in [0, 0.05) is 21.7 Å². The third-order valence-electron chi connectivity index (χ3n) is 6.40. The molecule has 2 unspecified atom stereocenters. The molecule has 4 rings (SSSR count). The number of benzene rings is 2. The molecule has 0 bridgehead atoms. The van der Waals surface area contributed by atoms with Crippen molar-refractivity contribution in [3.63, 3.8) is 0 Å². The lowest BCUT2D eigenvalue weighted by molar-refractivity contribution is -0.149. The van der Waals surface area contributed by atoms with E-state index in [-0.39, 0.29) is 39.7 Å². The smallest absolute Gasteiger partial charge is 0.410 e. The fourth-order valence-electron chi connectivity index (χ4n) is 4.35. The number of alkyl halides is 3. The number of carbonyl (C=O) groups is 2. The molecule has 1 N–H and O–H groups in total. The summed E-state index contributed by atoms with van der Waals surface area (Å²) in [5.41, 5.74) is 1.40. The Balaban J connectivity index is 1.81. The Labute approximate surface area is 221 Å². The minimum absolute atomic E-state index is 0.0183. The first kappa shape index (κ1) is 26.9. The standard InChI is InChI=1S/C26H24Cl2F3NO3S/c1-3-35-24(34)22-21(15-7-8-20(14(2)9-15)23(33)32-19-5-4-6-19)13-25(36-22,26(29,30)31)16-10-17(27)12-18(28)11-16/h7-13,19,22H,3-6H2,1-2H3,(H,32,33). The van der Waals surface area contributed by atoms with Gasteiger partial charge in [0.25, 0.3) is 5.91 Å². The number of amides is 1. The Morgan fingerprint density at radius 3 is 2.33 bits per heavy atom. The summed E-state index contributed by atoms with van der Waals surface area (Å²) in [7, 11) is 0. The van der Waals surface area contributed by atoms with Gasteiger partial charge in [0.05, 0.1) is 6.61 Å². The van der Waals surface area contributed by atoms with Crippen LogP contribution < -0.4 is 5.32 Å². The molecule has 1 aliphatic carbocycles. The Bertz CT molecular complexity index is 1210. The third kappa shape index (κ3) is 5.13. The summed E-state index contributed by atoms with van der Waals surface area (Å²) in [4.78, 5) is 25.5. The van der Waals surface area contributed by atoms with Crippen LogP contribution in [0.1, 0.15) is 53.2 Å². The first-order valence-corrected chi connectivity index (χ1v) is 13.1. The molecule has 10 heteroatoms. The topological polar surface area (TPSA) is 55.4 Å². The zero-order chi connectivity index (χ0) is 26.3. The van der Waals surface area contributed by atoms with Crippen LogP contribution in [-0.4, -0.2) is 36.0 Å². The first-order valence-electron chi connectivity index (χ1n) is 11.5. The average Bonchev–Trinajstić information content (AvgIpc) is 3.18. The highest BCUT2D eigenvalue weighted by molar-refractivity contribution is 8.02. The highest BCUT2D eigenvalue weighted by Gasteiger charge is 2.61. The molecule has 0 saturated heterocycles. The van der Waals surface area contributed by atoms with Crippen molar-refractivity contribution in [3.8, 4) is 0 Å². The molecule has 2 atom stereocenters. The van der Waals surface area contributed by atoms with E-state index < -0.39 is 22.1 Å². The number of aryl methyl sites for hydroxylation is 1. The number of thioether (sulfide) groups is 1. The first-order chi connectivity index (χ1) is 16.9. The van der Waals surface area contributed by atoms with Crippen LogP contribution in [0.15, 0.2) is 42.5 Å². The van der Waals surface area contributed by atoms with E-state index in [0.29, 0.717) is 28.5 Å². The van der Waals surface area contributed by atoms with Crippen molar-refractivity contribution in [3.05, 3.63) is 74.8 Å². The summed E-state index contributed by atoms with van der Waals surface area (Å²) in [6.45, 7) is 3.33. The number of esters is 1. The number of hydrogen-bond acceptors (Lipinski definition) is 4. The molecule has 1 heterocycles. The number of carbonyl (C=O) groups excluding carboxylic acids is 2. The molecule has 36 heavy (non-hydrogen) atoms. The van der Waals surface area contributed by atoms with Gasteiger partial charge in [-0.05, 0) is 85.7 Å². The maximum Gasteiger partial charge on any atom is 0.410 e. The molecule has 1 aliphatic heterocycles. The lowest BCUT2D eigenvalue weighted by Gasteiger charge is -2.31. The van der Waals surface area contributed by atoms with Crippen molar-refractivity contribution in [1.82, 2.24) is 5.32 Å². The summed E-state index contributed by atoms with van der Waals surface area (Å²) in [5.74, 6) is -1.00. The van der Waals surface area contributed by atoms with Gasteiger partial charge in [-0.2, -0.15) is 13.2 Å². The van der Waals surface area contributed by atoms with Crippen molar-refractivity contribution in [2.45, 2.75) is 55.3 Å². The third-order valence-corrected chi connectivity index (χ3v) is 8.48. The van der Waals surface area contributed by atoms with Crippen molar-refractivity contribution < 1.29 is 27.5 Å². The van der Waals surface area contributed by atoms with Crippen molar-refractivity contribution >= 4 is 52.4 Å². The predicted octanol–water partition coefficient (Wildman–Crippen LogP) is 7.10. The van der Waals surface area contributed by atoms with E-state index in [1.807, 2.05) is 0 Å². The van der Waals surface area contributed by atoms with Crippen LogP contribution in [0.25, 0.3) is 5.57 Å². The van der Waals surface area contributed by atoms with Gasteiger partial charge < -0.3 is 10.1 Å². The van der Waals surface area contributed by atoms with Crippen LogP contribution in [0, 0.1) is 6.92 Å². The van der Waals surface area contributed by atoms with Crippen LogP contribution in [0.5, 0.6) is 0 Å². The number of rotatable bonds is 6. The van der Waals surface area contributed by atoms with E-state index in [2.05, 4.69) is 5.32 Å².